The van der Waals surface area contributed by atoms with Crippen LogP contribution in [0.15, 0.2) is 0 Å². The van der Waals surface area contributed by atoms with Crippen LogP contribution >= 0.6 is 0 Å². The summed E-state index contributed by atoms with van der Waals surface area (Å²) in [6.07, 6.45) is 0.716. The lowest BCUT2D eigenvalue weighted by molar-refractivity contribution is -0.143. The molecule has 0 aromatic heterocycles. The lowest BCUT2D eigenvalue weighted by Gasteiger charge is -2.25. The van der Waals surface area contributed by atoms with E-state index in [0.717, 1.165) is 6.42 Å². The molecule has 2 aliphatic rings. The number of carbonyl (C=O) groups is 2. The maximum atomic E-state index is 11.7. The summed E-state index contributed by atoms with van der Waals surface area (Å²) >= 11 is 0. The van der Waals surface area contributed by atoms with E-state index in [1.165, 1.54) is 4.90 Å². The molecule has 1 saturated heterocycles. The van der Waals surface area contributed by atoms with Crippen molar-refractivity contribution in [2.75, 3.05) is 6.54 Å². The van der Waals surface area contributed by atoms with Crippen molar-refractivity contribution in [3.63, 3.8) is 0 Å². The first-order valence-electron chi connectivity index (χ1n) is 5.83. The van der Waals surface area contributed by atoms with Gasteiger partial charge in [-0.3, -0.25) is 14.5 Å². The number of β-amino-alcohol motifs (C(OH)–C–C–N with tert-alkyl or cyclic N) is 1. The molecule has 90 valence electrons. The Hall–Kier alpha value is -0.900. The van der Waals surface area contributed by atoms with Gasteiger partial charge in [0.1, 0.15) is 0 Å². The number of rotatable bonds is 3. The highest BCUT2D eigenvalue weighted by molar-refractivity contribution is 6.08. The molecule has 1 saturated carbocycles. The first-order chi connectivity index (χ1) is 7.29. The van der Waals surface area contributed by atoms with E-state index in [2.05, 4.69) is 0 Å². The Bertz CT molecular complexity index is 312. The molecular formula is C12H19NO3. The van der Waals surface area contributed by atoms with Crippen molar-refractivity contribution in [3.8, 4) is 0 Å². The lowest BCUT2D eigenvalue weighted by Crippen LogP contribution is -2.40. The zero-order chi connectivity index (χ0) is 12.1. The number of hydrogen-bond acceptors (Lipinski definition) is 3. The number of aliphatic hydroxyl groups excluding tert-OH is 1. The first-order valence-corrected chi connectivity index (χ1v) is 5.83. The molecule has 2 amide bonds. The second-order valence-electron chi connectivity index (χ2n) is 6.15. The fraction of sp³-hybridized carbons (Fsp3) is 0.833. The minimum absolute atomic E-state index is 0.00809. The van der Waals surface area contributed by atoms with E-state index in [9.17, 15) is 14.7 Å². The molecule has 0 radical (unpaired) electrons. The number of carbonyl (C=O) groups excluding carboxylic acids is 2. The van der Waals surface area contributed by atoms with Crippen molar-refractivity contribution in [1.82, 2.24) is 4.90 Å². The maximum Gasteiger partial charge on any atom is 0.233 e. The number of hydrogen-bond donors (Lipinski definition) is 1. The summed E-state index contributed by atoms with van der Waals surface area (Å²) in [6, 6.07) is 0. The number of nitrogens with zero attached hydrogens (tertiary/aromatic N) is 1. The summed E-state index contributed by atoms with van der Waals surface area (Å²) < 4.78 is 0. The summed E-state index contributed by atoms with van der Waals surface area (Å²) in [7, 11) is 0. The van der Waals surface area contributed by atoms with Crippen molar-refractivity contribution in [2.24, 2.45) is 17.3 Å². The van der Waals surface area contributed by atoms with E-state index >= 15 is 0 Å². The van der Waals surface area contributed by atoms with Crippen molar-refractivity contribution in [1.29, 1.82) is 0 Å². The van der Waals surface area contributed by atoms with E-state index in [1.807, 2.05) is 20.8 Å². The molecule has 1 heterocycles. The molecule has 1 aliphatic carbocycles. The number of imide groups is 1. The van der Waals surface area contributed by atoms with Crippen LogP contribution in [0.2, 0.25) is 0 Å². The molecule has 4 heteroatoms. The van der Waals surface area contributed by atoms with Crippen molar-refractivity contribution in [2.45, 2.75) is 39.7 Å². The normalized spacial score (nSPS) is 30.6. The Balaban J connectivity index is 1.90. The highest BCUT2D eigenvalue weighted by Gasteiger charge is 2.58. The van der Waals surface area contributed by atoms with Gasteiger partial charge in [-0.1, -0.05) is 20.8 Å². The van der Waals surface area contributed by atoms with Gasteiger partial charge in [-0.25, -0.2) is 0 Å². The number of amides is 2. The minimum Gasteiger partial charge on any atom is -0.391 e. The van der Waals surface area contributed by atoms with Gasteiger partial charge in [-0.2, -0.15) is 0 Å². The van der Waals surface area contributed by atoms with Gasteiger partial charge >= 0.3 is 0 Å². The van der Waals surface area contributed by atoms with Crippen molar-refractivity contribution in [3.05, 3.63) is 0 Å². The molecule has 4 nitrogen and oxygen atoms in total. The van der Waals surface area contributed by atoms with Gasteiger partial charge in [-0.15, -0.1) is 0 Å². The van der Waals surface area contributed by atoms with Gasteiger partial charge in [0, 0.05) is 0 Å². The summed E-state index contributed by atoms with van der Waals surface area (Å²) in [6.45, 7) is 6.26. The van der Waals surface area contributed by atoms with Gasteiger partial charge in [0.2, 0.25) is 11.8 Å². The average Bonchev–Trinajstić information content (AvgIpc) is 2.83. The molecule has 0 aromatic carbocycles. The first kappa shape index (κ1) is 11.6. The Kier molecular flexibility index (Phi) is 2.57. The molecular weight excluding hydrogens is 206 g/mol. The smallest absolute Gasteiger partial charge is 0.233 e. The molecule has 0 bridgehead atoms. The van der Waals surface area contributed by atoms with Crippen LogP contribution in [0, 0.1) is 17.3 Å². The van der Waals surface area contributed by atoms with Crippen molar-refractivity contribution >= 4 is 11.8 Å². The second kappa shape index (κ2) is 3.55. The molecule has 2 rings (SSSR count). The zero-order valence-corrected chi connectivity index (χ0v) is 10.1. The Morgan fingerprint density at radius 1 is 1.31 bits per heavy atom. The standard InChI is InChI=1S/C12H19NO3/c1-12(2,3)5-7(14)6-13-10(15)8-4-9(8)11(13)16/h7-9,14H,4-6H2,1-3H3. The average molecular weight is 225 g/mol. The van der Waals surface area contributed by atoms with Gasteiger partial charge < -0.3 is 5.11 Å². The molecule has 3 atom stereocenters. The Labute approximate surface area is 95.6 Å². The van der Waals surface area contributed by atoms with Crippen LogP contribution < -0.4 is 0 Å². The fourth-order valence-electron chi connectivity index (χ4n) is 2.41. The molecule has 2 fully saturated rings. The van der Waals surface area contributed by atoms with Gasteiger partial charge in [0.25, 0.3) is 0 Å². The number of piperidine rings is 1. The molecule has 0 aromatic rings. The molecule has 3 unspecified atom stereocenters. The van der Waals surface area contributed by atoms with Crippen LogP contribution in [0.1, 0.15) is 33.6 Å². The van der Waals surface area contributed by atoms with Crippen molar-refractivity contribution < 1.29 is 14.7 Å². The van der Waals surface area contributed by atoms with Crippen LogP contribution in [-0.2, 0) is 9.59 Å². The second-order valence-corrected chi connectivity index (χ2v) is 6.15. The number of aliphatic hydroxyl groups is 1. The summed E-state index contributed by atoms with van der Waals surface area (Å²) in [4.78, 5) is 24.6. The third-order valence-electron chi connectivity index (χ3n) is 3.20. The van der Waals surface area contributed by atoms with E-state index in [-0.39, 0.29) is 35.6 Å². The largest absolute Gasteiger partial charge is 0.391 e. The third-order valence-corrected chi connectivity index (χ3v) is 3.20. The quantitative estimate of drug-likeness (QED) is 0.722. The summed E-state index contributed by atoms with van der Waals surface area (Å²) in [5.41, 5.74) is 0.00809. The van der Waals surface area contributed by atoms with Crippen LogP contribution in [0.25, 0.3) is 0 Å². The monoisotopic (exact) mass is 225 g/mol. The van der Waals surface area contributed by atoms with Crippen LogP contribution in [0.4, 0.5) is 0 Å². The van der Waals surface area contributed by atoms with Crippen LogP contribution in [0.3, 0.4) is 0 Å². The van der Waals surface area contributed by atoms with Crippen LogP contribution in [0.5, 0.6) is 0 Å². The van der Waals surface area contributed by atoms with Gasteiger partial charge in [0.15, 0.2) is 0 Å². The predicted molar refractivity (Wildman–Crippen MR) is 58.4 cm³/mol. The summed E-state index contributed by atoms with van der Waals surface area (Å²) in [5.74, 6) is -0.283. The fourth-order valence-corrected chi connectivity index (χ4v) is 2.41. The Morgan fingerprint density at radius 2 is 1.81 bits per heavy atom. The topological polar surface area (TPSA) is 57.6 Å². The van der Waals surface area contributed by atoms with E-state index in [1.54, 1.807) is 0 Å². The van der Waals surface area contributed by atoms with Gasteiger partial charge in [0.05, 0.1) is 24.5 Å². The number of likely N-dealkylation sites (tertiary alicyclic amines) is 1. The highest BCUT2D eigenvalue weighted by Crippen LogP contribution is 2.47. The van der Waals surface area contributed by atoms with Gasteiger partial charge in [-0.05, 0) is 18.3 Å². The Morgan fingerprint density at radius 3 is 2.25 bits per heavy atom. The van der Waals surface area contributed by atoms with E-state index in [4.69, 9.17) is 0 Å². The number of fused-ring (bicyclic) bond motifs is 1. The predicted octanol–water partition coefficient (Wildman–Crippen LogP) is 0.788. The van der Waals surface area contributed by atoms with E-state index in [0.29, 0.717) is 6.42 Å². The van der Waals surface area contributed by atoms with Crippen LogP contribution in [-0.4, -0.2) is 34.5 Å². The highest BCUT2D eigenvalue weighted by atomic mass is 16.3. The molecule has 0 spiro atoms. The molecule has 1 aliphatic heterocycles. The lowest BCUT2D eigenvalue weighted by atomic mass is 9.89. The minimum atomic E-state index is -0.606. The third kappa shape index (κ3) is 2.12. The molecule has 1 N–H and O–H groups in total. The summed E-state index contributed by atoms with van der Waals surface area (Å²) in [5, 5.41) is 9.84. The molecule has 16 heavy (non-hydrogen) atoms. The maximum absolute atomic E-state index is 11.7. The van der Waals surface area contributed by atoms with E-state index < -0.39 is 6.10 Å². The zero-order valence-electron chi connectivity index (χ0n) is 10.1. The SMILES string of the molecule is CC(C)(C)CC(O)CN1C(=O)C2CC2C1=O.